The van der Waals surface area contributed by atoms with Gasteiger partial charge in [0, 0.05) is 6.04 Å². The summed E-state index contributed by atoms with van der Waals surface area (Å²) in [7, 11) is 0. The van der Waals surface area contributed by atoms with Crippen molar-refractivity contribution in [1.82, 2.24) is 5.48 Å². The highest BCUT2D eigenvalue weighted by atomic mass is 16.6. The summed E-state index contributed by atoms with van der Waals surface area (Å²) in [5.41, 5.74) is 6.00. The Morgan fingerprint density at radius 1 is 1.35 bits per heavy atom. The number of aryl methyl sites for hydroxylation is 1. The molecule has 0 spiro atoms. The van der Waals surface area contributed by atoms with Crippen molar-refractivity contribution < 1.29 is 4.84 Å². The maximum absolute atomic E-state index is 5.46. The van der Waals surface area contributed by atoms with Crippen LogP contribution in [-0.2, 0) is 4.84 Å². The van der Waals surface area contributed by atoms with E-state index in [1.165, 1.54) is 24.0 Å². The Morgan fingerprint density at radius 2 is 2.12 bits per heavy atom. The maximum Gasteiger partial charge on any atom is 0.0705 e. The topological polar surface area (TPSA) is 21.3 Å². The Kier molecular flexibility index (Phi) is 4.19. The molecule has 0 unspecified atom stereocenters. The SMILES string of the molecule is Cc1cccc(C2CC(NOCC(C)C)C2)c1. The van der Waals surface area contributed by atoms with Crippen LogP contribution in [0.4, 0.5) is 0 Å². The molecule has 1 aliphatic carbocycles. The minimum Gasteiger partial charge on any atom is -0.301 e. The molecule has 94 valence electrons. The van der Waals surface area contributed by atoms with E-state index in [0.29, 0.717) is 12.0 Å². The molecule has 0 heterocycles. The third-order valence-corrected chi connectivity index (χ3v) is 3.32. The lowest BCUT2D eigenvalue weighted by Gasteiger charge is -2.36. The van der Waals surface area contributed by atoms with Crippen molar-refractivity contribution >= 4 is 0 Å². The smallest absolute Gasteiger partial charge is 0.0705 e. The average molecular weight is 233 g/mol. The number of rotatable bonds is 5. The van der Waals surface area contributed by atoms with E-state index in [0.717, 1.165) is 12.5 Å². The van der Waals surface area contributed by atoms with Gasteiger partial charge in [-0.1, -0.05) is 43.7 Å². The third-order valence-electron chi connectivity index (χ3n) is 3.32. The molecule has 2 nitrogen and oxygen atoms in total. The van der Waals surface area contributed by atoms with E-state index < -0.39 is 0 Å². The van der Waals surface area contributed by atoms with E-state index in [1.54, 1.807) is 0 Å². The molecular weight excluding hydrogens is 210 g/mol. The van der Waals surface area contributed by atoms with Crippen molar-refractivity contribution in [1.29, 1.82) is 0 Å². The van der Waals surface area contributed by atoms with Crippen LogP contribution in [0.25, 0.3) is 0 Å². The summed E-state index contributed by atoms with van der Waals surface area (Å²) < 4.78 is 0. The Hall–Kier alpha value is -0.860. The lowest BCUT2D eigenvalue weighted by molar-refractivity contribution is -0.0212. The predicted octanol–water partition coefficient (Wildman–Crippen LogP) is 3.42. The molecule has 2 rings (SSSR count). The number of benzene rings is 1. The van der Waals surface area contributed by atoms with Gasteiger partial charge in [-0.3, -0.25) is 0 Å². The first-order chi connectivity index (χ1) is 8.15. The molecule has 2 heteroatoms. The fourth-order valence-corrected chi connectivity index (χ4v) is 2.24. The summed E-state index contributed by atoms with van der Waals surface area (Å²) >= 11 is 0. The summed E-state index contributed by atoms with van der Waals surface area (Å²) in [6.07, 6.45) is 2.39. The molecule has 1 aromatic carbocycles. The van der Waals surface area contributed by atoms with E-state index in [4.69, 9.17) is 4.84 Å². The molecule has 0 radical (unpaired) electrons. The van der Waals surface area contributed by atoms with Crippen LogP contribution in [0.1, 0.15) is 43.7 Å². The Labute approximate surface area is 104 Å². The maximum atomic E-state index is 5.46. The van der Waals surface area contributed by atoms with E-state index in [1.807, 2.05) is 0 Å². The quantitative estimate of drug-likeness (QED) is 0.787. The first-order valence-electron chi connectivity index (χ1n) is 6.59. The van der Waals surface area contributed by atoms with Gasteiger partial charge in [-0.2, -0.15) is 5.48 Å². The summed E-state index contributed by atoms with van der Waals surface area (Å²) in [5, 5.41) is 0. The van der Waals surface area contributed by atoms with Crippen LogP contribution in [-0.4, -0.2) is 12.6 Å². The second-order valence-electron chi connectivity index (χ2n) is 5.60. The van der Waals surface area contributed by atoms with Crippen LogP contribution in [0.15, 0.2) is 24.3 Å². The van der Waals surface area contributed by atoms with Gasteiger partial charge in [-0.25, -0.2) is 0 Å². The zero-order chi connectivity index (χ0) is 12.3. The molecular formula is C15H23NO. The van der Waals surface area contributed by atoms with Crippen molar-refractivity contribution in [3.63, 3.8) is 0 Å². The van der Waals surface area contributed by atoms with Gasteiger partial charge in [-0.05, 0) is 37.2 Å². The lowest BCUT2D eigenvalue weighted by atomic mass is 9.76. The van der Waals surface area contributed by atoms with E-state index in [2.05, 4.69) is 50.5 Å². The van der Waals surface area contributed by atoms with Crippen LogP contribution < -0.4 is 5.48 Å². The van der Waals surface area contributed by atoms with Gasteiger partial charge < -0.3 is 4.84 Å². The highest BCUT2D eigenvalue weighted by Crippen LogP contribution is 2.37. The molecule has 0 saturated heterocycles. The van der Waals surface area contributed by atoms with E-state index in [-0.39, 0.29) is 0 Å². The molecule has 1 aromatic rings. The van der Waals surface area contributed by atoms with Crippen molar-refractivity contribution in [2.24, 2.45) is 5.92 Å². The molecule has 0 amide bonds. The van der Waals surface area contributed by atoms with Crippen molar-refractivity contribution in [3.8, 4) is 0 Å². The summed E-state index contributed by atoms with van der Waals surface area (Å²) in [6.45, 7) is 7.28. The molecule has 0 atom stereocenters. The molecule has 0 aromatic heterocycles. The second kappa shape index (κ2) is 5.65. The number of nitrogens with one attached hydrogen (secondary N) is 1. The molecule has 1 aliphatic rings. The van der Waals surface area contributed by atoms with Gasteiger partial charge in [0.1, 0.15) is 0 Å². The standard InChI is InChI=1S/C15H23NO/c1-11(2)10-17-16-15-8-14(9-15)13-6-4-5-12(3)7-13/h4-7,11,14-16H,8-10H2,1-3H3. The minimum atomic E-state index is 0.541. The Morgan fingerprint density at radius 3 is 2.76 bits per heavy atom. The highest BCUT2D eigenvalue weighted by molar-refractivity contribution is 5.27. The minimum absolute atomic E-state index is 0.541. The summed E-state index contributed by atoms with van der Waals surface area (Å²) in [6, 6.07) is 9.39. The molecule has 17 heavy (non-hydrogen) atoms. The van der Waals surface area contributed by atoms with E-state index in [9.17, 15) is 0 Å². The molecule has 1 saturated carbocycles. The molecule has 1 fully saturated rings. The summed E-state index contributed by atoms with van der Waals surface area (Å²) in [4.78, 5) is 5.46. The van der Waals surface area contributed by atoms with Gasteiger partial charge in [0.15, 0.2) is 0 Å². The van der Waals surface area contributed by atoms with Gasteiger partial charge >= 0.3 is 0 Å². The largest absolute Gasteiger partial charge is 0.301 e. The fraction of sp³-hybridized carbons (Fsp3) is 0.600. The predicted molar refractivity (Wildman–Crippen MR) is 70.9 cm³/mol. The lowest BCUT2D eigenvalue weighted by Crippen LogP contribution is -2.40. The first kappa shape index (κ1) is 12.6. The van der Waals surface area contributed by atoms with Gasteiger partial charge in [0.25, 0.3) is 0 Å². The Balaban J connectivity index is 1.72. The van der Waals surface area contributed by atoms with Gasteiger partial charge in [0.2, 0.25) is 0 Å². The van der Waals surface area contributed by atoms with Gasteiger partial charge in [0.05, 0.1) is 6.61 Å². The second-order valence-corrected chi connectivity index (χ2v) is 5.60. The van der Waals surface area contributed by atoms with Crippen LogP contribution in [0.2, 0.25) is 0 Å². The van der Waals surface area contributed by atoms with Crippen molar-refractivity contribution in [2.75, 3.05) is 6.61 Å². The molecule has 0 bridgehead atoms. The highest BCUT2D eigenvalue weighted by Gasteiger charge is 2.30. The van der Waals surface area contributed by atoms with E-state index >= 15 is 0 Å². The zero-order valence-electron chi connectivity index (χ0n) is 11.1. The zero-order valence-corrected chi connectivity index (χ0v) is 11.1. The van der Waals surface area contributed by atoms with Crippen LogP contribution in [0, 0.1) is 12.8 Å². The van der Waals surface area contributed by atoms with Crippen LogP contribution in [0.3, 0.4) is 0 Å². The van der Waals surface area contributed by atoms with Crippen LogP contribution in [0.5, 0.6) is 0 Å². The number of hydroxylamine groups is 1. The summed E-state index contributed by atoms with van der Waals surface area (Å²) in [5.74, 6) is 1.31. The fourth-order valence-electron chi connectivity index (χ4n) is 2.24. The monoisotopic (exact) mass is 233 g/mol. The number of hydrogen-bond donors (Lipinski definition) is 1. The molecule has 0 aliphatic heterocycles. The molecule has 1 N–H and O–H groups in total. The third kappa shape index (κ3) is 3.55. The normalized spacial score (nSPS) is 23.8. The average Bonchev–Trinajstić information content (AvgIpc) is 2.21. The number of hydrogen-bond acceptors (Lipinski definition) is 2. The Bertz CT molecular complexity index is 356. The van der Waals surface area contributed by atoms with Crippen molar-refractivity contribution in [3.05, 3.63) is 35.4 Å². The first-order valence-corrected chi connectivity index (χ1v) is 6.59. The van der Waals surface area contributed by atoms with Gasteiger partial charge in [-0.15, -0.1) is 0 Å². The van der Waals surface area contributed by atoms with Crippen molar-refractivity contribution in [2.45, 2.75) is 45.6 Å². The van der Waals surface area contributed by atoms with Crippen LogP contribution >= 0.6 is 0 Å².